The number of rotatable bonds is 3. The lowest BCUT2D eigenvalue weighted by molar-refractivity contribution is -0.146. The van der Waals surface area contributed by atoms with E-state index in [9.17, 15) is 4.79 Å². The Bertz CT molecular complexity index is 642. The molecule has 2 aromatic heterocycles. The monoisotopic (exact) mass is 287 g/mol. The van der Waals surface area contributed by atoms with Gasteiger partial charge in [0.2, 0.25) is 0 Å². The second kappa shape index (κ2) is 5.84. The van der Waals surface area contributed by atoms with Gasteiger partial charge in [-0.25, -0.2) is 0 Å². The molecule has 5 nitrogen and oxygen atoms in total. The summed E-state index contributed by atoms with van der Waals surface area (Å²) in [5.41, 5.74) is 2.21. The highest BCUT2D eigenvalue weighted by Gasteiger charge is 2.26. The minimum atomic E-state index is -0.0463. The van der Waals surface area contributed by atoms with Gasteiger partial charge in [0.25, 0.3) is 0 Å². The molecule has 5 heteroatoms. The molecular weight excluding hydrogens is 266 g/mol. The fourth-order valence-electron chi connectivity index (χ4n) is 3.27. The van der Waals surface area contributed by atoms with Crippen LogP contribution in [0.2, 0.25) is 0 Å². The summed E-state index contributed by atoms with van der Waals surface area (Å²) in [5, 5.41) is 8.19. The van der Waals surface area contributed by atoms with Gasteiger partial charge in [-0.15, -0.1) is 10.2 Å². The van der Waals surface area contributed by atoms with Crippen LogP contribution in [0.25, 0.3) is 5.65 Å². The molecule has 0 aromatic carbocycles. The number of fused-ring (bicyclic) bond motifs is 1. The van der Waals surface area contributed by atoms with E-state index in [4.69, 9.17) is 4.74 Å². The minimum Gasteiger partial charge on any atom is -0.469 e. The summed E-state index contributed by atoms with van der Waals surface area (Å²) >= 11 is 0. The second-order valence-corrected chi connectivity index (χ2v) is 5.96. The zero-order valence-electron chi connectivity index (χ0n) is 12.6. The van der Waals surface area contributed by atoms with Gasteiger partial charge in [-0.1, -0.05) is 6.07 Å². The third kappa shape index (κ3) is 2.91. The van der Waals surface area contributed by atoms with E-state index >= 15 is 0 Å². The van der Waals surface area contributed by atoms with Crippen molar-refractivity contribution in [2.75, 3.05) is 7.11 Å². The normalized spacial score (nSPS) is 22.4. The van der Waals surface area contributed by atoms with Crippen LogP contribution in [0.4, 0.5) is 0 Å². The largest absolute Gasteiger partial charge is 0.469 e. The number of carbonyl (C=O) groups is 1. The second-order valence-electron chi connectivity index (χ2n) is 5.96. The fourth-order valence-corrected chi connectivity index (χ4v) is 3.27. The molecule has 1 fully saturated rings. The van der Waals surface area contributed by atoms with Crippen LogP contribution in [0.15, 0.2) is 18.3 Å². The van der Waals surface area contributed by atoms with Gasteiger partial charge in [0.15, 0.2) is 5.65 Å². The van der Waals surface area contributed by atoms with Crippen LogP contribution in [-0.2, 0) is 16.0 Å². The summed E-state index contributed by atoms with van der Waals surface area (Å²) in [6, 6.07) is 4.16. The molecule has 3 rings (SSSR count). The van der Waals surface area contributed by atoms with Crippen molar-refractivity contribution in [3.8, 4) is 0 Å². The molecule has 0 unspecified atom stereocenters. The number of esters is 1. The summed E-state index contributed by atoms with van der Waals surface area (Å²) in [6.07, 6.45) is 7.28. The number of hydrogen-bond acceptors (Lipinski definition) is 4. The first kappa shape index (κ1) is 14.0. The van der Waals surface area contributed by atoms with Gasteiger partial charge in [0.05, 0.1) is 13.0 Å². The Hall–Kier alpha value is -1.91. The molecular formula is C16H21N3O2. The van der Waals surface area contributed by atoms with Crippen molar-refractivity contribution < 1.29 is 9.53 Å². The SMILES string of the molecule is COC(=O)[C@H]1CC[C@H](Cc2ccc3nnc(C)n3c2)CC1. The predicted molar refractivity (Wildman–Crippen MR) is 78.9 cm³/mol. The first-order valence-electron chi connectivity index (χ1n) is 7.55. The smallest absolute Gasteiger partial charge is 0.308 e. The van der Waals surface area contributed by atoms with Crippen LogP contribution in [0.5, 0.6) is 0 Å². The Labute approximate surface area is 124 Å². The number of carbonyl (C=O) groups excluding carboxylic acids is 1. The van der Waals surface area contributed by atoms with Crippen molar-refractivity contribution in [3.63, 3.8) is 0 Å². The van der Waals surface area contributed by atoms with Crippen LogP contribution >= 0.6 is 0 Å². The van der Waals surface area contributed by atoms with E-state index in [-0.39, 0.29) is 11.9 Å². The topological polar surface area (TPSA) is 56.5 Å². The molecule has 2 heterocycles. The Morgan fingerprint density at radius 1 is 1.29 bits per heavy atom. The molecule has 0 amide bonds. The molecule has 0 atom stereocenters. The van der Waals surface area contributed by atoms with E-state index in [1.807, 2.05) is 17.4 Å². The summed E-state index contributed by atoms with van der Waals surface area (Å²) in [6.45, 7) is 1.96. The maximum Gasteiger partial charge on any atom is 0.308 e. The highest BCUT2D eigenvalue weighted by atomic mass is 16.5. The molecule has 0 bridgehead atoms. The van der Waals surface area contributed by atoms with E-state index in [0.29, 0.717) is 5.92 Å². The van der Waals surface area contributed by atoms with Gasteiger partial charge >= 0.3 is 5.97 Å². The molecule has 0 N–H and O–H groups in total. The lowest BCUT2D eigenvalue weighted by Gasteiger charge is -2.26. The molecule has 1 aliphatic carbocycles. The molecule has 0 radical (unpaired) electrons. The minimum absolute atomic E-state index is 0.0463. The number of methoxy groups -OCH3 is 1. The van der Waals surface area contributed by atoms with E-state index in [1.165, 1.54) is 12.7 Å². The average molecular weight is 287 g/mol. The van der Waals surface area contributed by atoms with Crippen LogP contribution in [0.1, 0.15) is 37.1 Å². The van der Waals surface area contributed by atoms with Gasteiger partial charge in [-0.05, 0) is 56.6 Å². The summed E-state index contributed by atoms with van der Waals surface area (Å²) in [7, 11) is 1.48. The Kier molecular flexibility index (Phi) is 3.90. The summed E-state index contributed by atoms with van der Waals surface area (Å²) < 4.78 is 6.88. The third-order valence-electron chi connectivity index (χ3n) is 4.54. The number of aryl methyl sites for hydroxylation is 1. The number of pyridine rings is 1. The molecule has 2 aromatic rings. The Balaban J connectivity index is 1.64. The molecule has 112 valence electrons. The lowest BCUT2D eigenvalue weighted by atomic mass is 9.79. The van der Waals surface area contributed by atoms with E-state index in [0.717, 1.165) is 43.6 Å². The Morgan fingerprint density at radius 3 is 2.76 bits per heavy atom. The van der Waals surface area contributed by atoms with Gasteiger partial charge in [-0.3, -0.25) is 9.20 Å². The third-order valence-corrected chi connectivity index (χ3v) is 4.54. The van der Waals surface area contributed by atoms with E-state index in [1.54, 1.807) is 0 Å². The molecule has 1 aliphatic rings. The summed E-state index contributed by atoms with van der Waals surface area (Å²) in [4.78, 5) is 11.5. The highest BCUT2D eigenvalue weighted by molar-refractivity contribution is 5.72. The molecule has 0 aliphatic heterocycles. The van der Waals surface area contributed by atoms with Gasteiger partial charge in [-0.2, -0.15) is 0 Å². The van der Waals surface area contributed by atoms with Gasteiger partial charge in [0.1, 0.15) is 5.82 Å². The number of aromatic nitrogens is 3. The van der Waals surface area contributed by atoms with Crippen molar-refractivity contribution >= 4 is 11.6 Å². The van der Waals surface area contributed by atoms with E-state index in [2.05, 4.69) is 22.5 Å². The van der Waals surface area contributed by atoms with Crippen molar-refractivity contribution in [3.05, 3.63) is 29.7 Å². The van der Waals surface area contributed by atoms with E-state index < -0.39 is 0 Å². The highest BCUT2D eigenvalue weighted by Crippen LogP contribution is 2.31. The van der Waals surface area contributed by atoms with Crippen LogP contribution in [0.3, 0.4) is 0 Å². The van der Waals surface area contributed by atoms with Crippen LogP contribution in [-0.4, -0.2) is 27.7 Å². The van der Waals surface area contributed by atoms with Gasteiger partial charge < -0.3 is 4.74 Å². The maximum atomic E-state index is 11.5. The average Bonchev–Trinajstić information content (AvgIpc) is 2.88. The first-order valence-corrected chi connectivity index (χ1v) is 7.55. The fraction of sp³-hybridized carbons (Fsp3) is 0.562. The van der Waals surface area contributed by atoms with Crippen LogP contribution < -0.4 is 0 Å². The van der Waals surface area contributed by atoms with Crippen molar-refractivity contribution in [1.29, 1.82) is 0 Å². The van der Waals surface area contributed by atoms with Gasteiger partial charge in [0, 0.05) is 6.20 Å². The first-order chi connectivity index (χ1) is 10.2. The maximum absolute atomic E-state index is 11.5. The number of hydrogen-bond donors (Lipinski definition) is 0. The molecule has 0 saturated heterocycles. The Morgan fingerprint density at radius 2 is 2.05 bits per heavy atom. The zero-order chi connectivity index (χ0) is 14.8. The lowest BCUT2D eigenvalue weighted by Crippen LogP contribution is -2.23. The quantitative estimate of drug-likeness (QED) is 0.814. The molecule has 0 spiro atoms. The van der Waals surface area contributed by atoms with Crippen molar-refractivity contribution in [2.24, 2.45) is 11.8 Å². The standard InChI is InChI=1S/C16H21N3O2/c1-11-17-18-15-8-5-13(10-19(11)15)9-12-3-6-14(7-4-12)16(20)21-2/h5,8,10,12,14H,3-4,6-7,9H2,1-2H3/t12-,14-. The van der Waals surface area contributed by atoms with Crippen molar-refractivity contribution in [2.45, 2.75) is 39.0 Å². The molecule has 1 saturated carbocycles. The summed E-state index contributed by atoms with van der Waals surface area (Å²) in [5.74, 6) is 1.63. The van der Waals surface area contributed by atoms with Crippen molar-refractivity contribution in [1.82, 2.24) is 14.6 Å². The van der Waals surface area contributed by atoms with Crippen LogP contribution in [0, 0.1) is 18.8 Å². The zero-order valence-corrected chi connectivity index (χ0v) is 12.6. The number of nitrogens with zero attached hydrogens (tertiary/aromatic N) is 3. The molecule has 21 heavy (non-hydrogen) atoms. The predicted octanol–water partition coefficient (Wildman–Crippen LogP) is 2.56. The number of ether oxygens (including phenoxy) is 1.